The molecule has 0 bridgehead atoms. The SMILES string of the molecule is COc1cc(C)nc(Cc2ccnc(C(F)(F)F)c2)n1. The van der Waals surface area contributed by atoms with Crippen LogP contribution in [0.25, 0.3) is 0 Å². The molecule has 0 fully saturated rings. The second-order valence-corrected chi connectivity index (χ2v) is 4.19. The van der Waals surface area contributed by atoms with Crippen molar-refractivity contribution in [2.75, 3.05) is 7.11 Å². The molecular formula is C13H12F3N3O. The lowest BCUT2D eigenvalue weighted by atomic mass is 10.1. The average Bonchev–Trinajstić information content (AvgIpc) is 2.37. The molecule has 7 heteroatoms. The molecule has 0 amide bonds. The van der Waals surface area contributed by atoms with Gasteiger partial charge in [0.15, 0.2) is 0 Å². The molecule has 106 valence electrons. The van der Waals surface area contributed by atoms with E-state index < -0.39 is 11.9 Å². The summed E-state index contributed by atoms with van der Waals surface area (Å²) in [6.45, 7) is 1.77. The summed E-state index contributed by atoms with van der Waals surface area (Å²) in [6.07, 6.45) is -3.14. The standard InChI is InChI=1S/C13H12F3N3O/c1-8-5-12(20-2)19-11(18-8)7-9-3-4-17-10(6-9)13(14,15)16/h3-6H,7H2,1-2H3. The number of aromatic nitrogens is 3. The highest BCUT2D eigenvalue weighted by molar-refractivity contribution is 5.23. The van der Waals surface area contributed by atoms with Gasteiger partial charge in [-0.25, -0.2) is 4.98 Å². The van der Waals surface area contributed by atoms with Crippen LogP contribution in [0.15, 0.2) is 24.4 Å². The van der Waals surface area contributed by atoms with Crippen LogP contribution < -0.4 is 4.74 Å². The van der Waals surface area contributed by atoms with Gasteiger partial charge in [-0.1, -0.05) is 0 Å². The summed E-state index contributed by atoms with van der Waals surface area (Å²) < 4.78 is 42.7. The van der Waals surface area contributed by atoms with E-state index in [0.29, 0.717) is 23.0 Å². The maximum atomic E-state index is 12.6. The molecular weight excluding hydrogens is 271 g/mol. The van der Waals surface area contributed by atoms with Gasteiger partial charge in [-0.15, -0.1) is 0 Å². The summed E-state index contributed by atoms with van der Waals surface area (Å²) in [4.78, 5) is 11.6. The molecule has 2 rings (SSSR count). The lowest BCUT2D eigenvalue weighted by Gasteiger charge is -2.08. The van der Waals surface area contributed by atoms with Gasteiger partial charge in [0.2, 0.25) is 5.88 Å². The molecule has 2 aromatic heterocycles. The first kappa shape index (κ1) is 14.2. The molecule has 20 heavy (non-hydrogen) atoms. The van der Waals surface area contributed by atoms with E-state index in [-0.39, 0.29) is 6.42 Å². The average molecular weight is 283 g/mol. The third kappa shape index (κ3) is 3.43. The van der Waals surface area contributed by atoms with Gasteiger partial charge in [-0.05, 0) is 24.6 Å². The van der Waals surface area contributed by atoms with E-state index in [2.05, 4.69) is 15.0 Å². The van der Waals surface area contributed by atoms with Crippen molar-refractivity contribution in [1.82, 2.24) is 15.0 Å². The number of aryl methyl sites for hydroxylation is 1. The van der Waals surface area contributed by atoms with Crippen LogP contribution in [-0.4, -0.2) is 22.1 Å². The predicted molar refractivity (Wildman–Crippen MR) is 65.4 cm³/mol. The molecule has 0 unspecified atom stereocenters. The lowest BCUT2D eigenvalue weighted by molar-refractivity contribution is -0.141. The van der Waals surface area contributed by atoms with Gasteiger partial charge in [0.25, 0.3) is 0 Å². The Hall–Kier alpha value is -2.18. The summed E-state index contributed by atoms with van der Waals surface area (Å²) >= 11 is 0. The number of ether oxygens (including phenoxy) is 1. The molecule has 0 atom stereocenters. The summed E-state index contributed by atoms with van der Waals surface area (Å²) in [5.74, 6) is 0.791. The third-order valence-corrected chi connectivity index (χ3v) is 2.56. The second kappa shape index (κ2) is 5.44. The Morgan fingerprint density at radius 3 is 2.60 bits per heavy atom. The van der Waals surface area contributed by atoms with Crippen LogP contribution in [-0.2, 0) is 12.6 Å². The number of alkyl halides is 3. The van der Waals surface area contributed by atoms with Crippen molar-refractivity contribution in [3.8, 4) is 5.88 Å². The minimum absolute atomic E-state index is 0.184. The van der Waals surface area contributed by atoms with Crippen molar-refractivity contribution in [3.63, 3.8) is 0 Å². The van der Waals surface area contributed by atoms with Crippen molar-refractivity contribution in [2.45, 2.75) is 19.5 Å². The summed E-state index contributed by atoms with van der Waals surface area (Å²) in [6, 6.07) is 4.16. The number of hydrogen-bond donors (Lipinski definition) is 0. The maximum Gasteiger partial charge on any atom is 0.433 e. The highest BCUT2D eigenvalue weighted by Crippen LogP contribution is 2.28. The Bertz CT molecular complexity index is 614. The van der Waals surface area contributed by atoms with Gasteiger partial charge in [-0.3, -0.25) is 4.98 Å². The van der Waals surface area contributed by atoms with Crippen LogP contribution >= 0.6 is 0 Å². The van der Waals surface area contributed by atoms with Gasteiger partial charge in [0, 0.05) is 24.4 Å². The normalized spacial score (nSPS) is 11.4. The summed E-state index contributed by atoms with van der Waals surface area (Å²) in [5.41, 5.74) is 0.214. The fraction of sp³-hybridized carbons (Fsp3) is 0.308. The molecule has 0 N–H and O–H groups in total. The quantitative estimate of drug-likeness (QED) is 0.869. The fourth-order valence-electron chi connectivity index (χ4n) is 1.70. The minimum Gasteiger partial charge on any atom is -0.481 e. The first-order chi connectivity index (χ1) is 9.38. The van der Waals surface area contributed by atoms with Crippen molar-refractivity contribution in [3.05, 3.63) is 47.2 Å². The highest BCUT2D eigenvalue weighted by atomic mass is 19.4. The zero-order valence-corrected chi connectivity index (χ0v) is 10.9. The predicted octanol–water partition coefficient (Wildman–Crippen LogP) is 2.80. The molecule has 0 spiro atoms. The van der Waals surface area contributed by atoms with Gasteiger partial charge in [-0.2, -0.15) is 18.2 Å². The van der Waals surface area contributed by atoms with E-state index in [1.807, 2.05) is 0 Å². The number of methoxy groups -OCH3 is 1. The Labute approximate surface area is 113 Å². The molecule has 0 aliphatic rings. The van der Waals surface area contributed by atoms with Gasteiger partial charge >= 0.3 is 6.18 Å². The number of pyridine rings is 1. The van der Waals surface area contributed by atoms with Crippen molar-refractivity contribution < 1.29 is 17.9 Å². The topological polar surface area (TPSA) is 47.9 Å². The Balaban J connectivity index is 2.28. The molecule has 0 saturated heterocycles. The van der Waals surface area contributed by atoms with Gasteiger partial charge < -0.3 is 4.74 Å². The number of halogens is 3. The molecule has 0 aliphatic heterocycles. The molecule has 2 aromatic rings. The van der Waals surface area contributed by atoms with Crippen molar-refractivity contribution >= 4 is 0 Å². The van der Waals surface area contributed by atoms with Crippen LogP contribution in [0.1, 0.15) is 22.8 Å². The molecule has 0 radical (unpaired) electrons. The van der Waals surface area contributed by atoms with Crippen molar-refractivity contribution in [2.24, 2.45) is 0 Å². The van der Waals surface area contributed by atoms with E-state index in [1.165, 1.54) is 13.2 Å². The molecule has 4 nitrogen and oxygen atoms in total. The largest absolute Gasteiger partial charge is 0.481 e. The highest BCUT2D eigenvalue weighted by Gasteiger charge is 2.32. The zero-order valence-electron chi connectivity index (χ0n) is 10.9. The van der Waals surface area contributed by atoms with Crippen LogP contribution in [0, 0.1) is 6.92 Å². The Kier molecular flexibility index (Phi) is 3.87. The van der Waals surface area contributed by atoms with E-state index in [1.54, 1.807) is 13.0 Å². The number of nitrogens with zero attached hydrogens (tertiary/aromatic N) is 3. The maximum absolute atomic E-state index is 12.6. The van der Waals surface area contributed by atoms with E-state index in [9.17, 15) is 13.2 Å². The fourth-order valence-corrected chi connectivity index (χ4v) is 1.70. The van der Waals surface area contributed by atoms with E-state index in [0.717, 1.165) is 12.3 Å². The van der Waals surface area contributed by atoms with Crippen LogP contribution in [0.5, 0.6) is 5.88 Å². The smallest absolute Gasteiger partial charge is 0.433 e. The minimum atomic E-state index is -4.46. The molecule has 0 saturated carbocycles. The lowest BCUT2D eigenvalue weighted by Crippen LogP contribution is -2.09. The monoisotopic (exact) mass is 283 g/mol. The second-order valence-electron chi connectivity index (χ2n) is 4.19. The van der Waals surface area contributed by atoms with Gasteiger partial charge in [0.1, 0.15) is 11.5 Å². The summed E-state index contributed by atoms with van der Waals surface area (Å²) in [5, 5.41) is 0. The first-order valence-electron chi connectivity index (χ1n) is 5.79. The summed E-state index contributed by atoms with van der Waals surface area (Å²) in [7, 11) is 1.47. The number of hydrogen-bond acceptors (Lipinski definition) is 4. The Morgan fingerprint density at radius 2 is 1.95 bits per heavy atom. The van der Waals surface area contributed by atoms with Crippen LogP contribution in [0.4, 0.5) is 13.2 Å². The van der Waals surface area contributed by atoms with Crippen LogP contribution in [0.3, 0.4) is 0 Å². The van der Waals surface area contributed by atoms with E-state index in [4.69, 9.17) is 4.74 Å². The van der Waals surface area contributed by atoms with Gasteiger partial charge in [0.05, 0.1) is 7.11 Å². The van der Waals surface area contributed by atoms with E-state index >= 15 is 0 Å². The molecule has 0 aromatic carbocycles. The van der Waals surface area contributed by atoms with Crippen molar-refractivity contribution in [1.29, 1.82) is 0 Å². The molecule has 0 aliphatic carbocycles. The van der Waals surface area contributed by atoms with Crippen LogP contribution in [0.2, 0.25) is 0 Å². The zero-order chi connectivity index (χ0) is 14.8. The Morgan fingerprint density at radius 1 is 1.20 bits per heavy atom. The number of rotatable bonds is 3. The first-order valence-corrected chi connectivity index (χ1v) is 5.79. The third-order valence-electron chi connectivity index (χ3n) is 2.56. The molecule has 2 heterocycles.